The molecule has 0 spiro atoms. The van der Waals surface area contributed by atoms with E-state index >= 15 is 0 Å². The van der Waals surface area contributed by atoms with E-state index in [0.29, 0.717) is 0 Å². The van der Waals surface area contributed by atoms with E-state index in [9.17, 15) is 0 Å². The zero-order chi connectivity index (χ0) is 15.4. The first-order valence-corrected chi connectivity index (χ1v) is 8.36. The Morgan fingerprint density at radius 1 is 1.14 bits per heavy atom. The molecule has 0 saturated heterocycles. The lowest BCUT2D eigenvalue weighted by atomic mass is 9.93. The Labute approximate surface area is 136 Å². The van der Waals surface area contributed by atoms with Gasteiger partial charge in [-0.15, -0.1) is 0 Å². The summed E-state index contributed by atoms with van der Waals surface area (Å²) < 4.78 is 6.56. The van der Waals surface area contributed by atoms with Crippen molar-refractivity contribution in [1.82, 2.24) is 5.32 Å². The molecular formula is C18H24BrNO. The van der Waals surface area contributed by atoms with Gasteiger partial charge >= 0.3 is 0 Å². The van der Waals surface area contributed by atoms with Gasteiger partial charge in [-0.1, -0.05) is 24.6 Å². The average Bonchev–Trinajstić information content (AvgIpc) is 2.83. The summed E-state index contributed by atoms with van der Waals surface area (Å²) in [5.74, 6) is 0.995. The highest BCUT2D eigenvalue weighted by Gasteiger charge is 2.17. The quantitative estimate of drug-likeness (QED) is 0.770. The van der Waals surface area contributed by atoms with E-state index in [1.165, 1.54) is 22.3 Å². The van der Waals surface area contributed by atoms with Crippen LogP contribution in [0.15, 0.2) is 33.4 Å². The molecule has 3 heteroatoms. The van der Waals surface area contributed by atoms with E-state index in [4.69, 9.17) is 4.42 Å². The summed E-state index contributed by atoms with van der Waals surface area (Å²) in [5, 5.41) is 3.60. The van der Waals surface area contributed by atoms with E-state index in [1.807, 2.05) is 6.07 Å². The number of nitrogens with one attached hydrogen (secondary N) is 1. The molecule has 0 bridgehead atoms. The van der Waals surface area contributed by atoms with E-state index < -0.39 is 0 Å². The van der Waals surface area contributed by atoms with Gasteiger partial charge in [-0.2, -0.15) is 0 Å². The second kappa shape index (κ2) is 7.28. The predicted molar refractivity (Wildman–Crippen MR) is 91.8 cm³/mol. The molecule has 0 aliphatic heterocycles. The van der Waals surface area contributed by atoms with Crippen molar-refractivity contribution in [3.63, 3.8) is 0 Å². The van der Waals surface area contributed by atoms with Crippen LogP contribution in [0, 0.1) is 20.8 Å². The molecule has 2 nitrogen and oxygen atoms in total. The van der Waals surface area contributed by atoms with Crippen LogP contribution in [-0.2, 0) is 6.42 Å². The lowest BCUT2D eigenvalue weighted by Crippen LogP contribution is -2.24. The van der Waals surface area contributed by atoms with Crippen molar-refractivity contribution in [2.75, 3.05) is 6.54 Å². The van der Waals surface area contributed by atoms with Crippen molar-refractivity contribution in [3.05, 3.63) is 56.9 Å². The summed E-state index contributed by atoms with van der Waals surface area (Å²) in [6.07, 6.45) is 2.07. The van der Waals surface area contributed by atoms with Crippen LogP contribution in [0.4, 0.5) is 0 Å². The largest absolute Gasteiger partial charge is 0.453 e. The van der Waals surface area contributed by atoms with Crippen molar-refractivity contribution in [2.24, 2.45) is 0 Å². The molecule has 1 heterocycles. The Morgan fingerprint density at radius 3 is 2.33 bits per heavy atom. The Hall–Kier alpha value is -1.06. The maximum Gasteiger partial charge on any atom is 0.169 e. The minimum Gasteiger partial charge on any atom is -0.453 e. The second-order valence-electron chi connectivity index (χ2n) is 5.73. The second-order valence-corrected chi connectivity index (χ2v) is 6.51. The first-order valence-electron chi connectivity index (χ1n) is 7.56. The van der Waals surface area contributed by atoms with Crippen LogP contribution in [-0.4, -0.2) is 6.54 Å². The number of aryl methyl sites for hydroxylation is 3. The molecule has 1 unspecified atom stereocenters. The topological polar surface area (TPSA) is 25.2 Å². The summed E-state index contributed by atoms with van der Waals surface area (Å²) in [6.45, 7) is 9.73. The number of hydrogen-bond donors (Lipinski definition) is 1. The molecule has 2 aromatic rings. The predicted octanol–water partition coefficient (Wildman–Crippen LogP) is 5.25. The maximum absolute atomic E-state index is 5.77. The molecule has 0 aliphatic rings. The van der Waals surface area contributed by atoms with Gasteiger partial charge in [0.05, 0.1) is 6.04 Å². The third-order valence-corrected chi connectivity index (χ3v) is 4.25. The number of halogens is 1. The lowest BCUT2D eigenvalue weighted by Gasteiger charge is -2.19. The van der Waals surface area contributed by atoms with Gasteiger partial charge in [0.15, 0.2) is 4.67 Å². The Balaban J connectivity index is 2.27. The first-order chi connectivity index (χ1) is 10.0. The van der Waals surface area contributed by atoms with Crippen LogP contribution in [0.1, 0.15) is 47.4 Å². The van der Waals surface area contributed by atoms with Crippen molar-refractivity contribution in [1.29, 1.82) is 0 Å². The molecule has 0 saturated carbocycles. The number of furan rings is 1. The third kappa shape index (κ3) is 4.21. The number of hydrogen-bond acceptors (Lipinski definition) is 2. The summed E-state index contributed by atoms with van der Waals surface area (Å²) >= 11 is 3.40. The molecule has 1 aromatic heterocycles. The standard InChI is InChI=1S/C18H24BrNO/c1-5-8-20-16(17-6-7-18(19)21-17)11-15-13(3)9-12(2)10-14(15)4/h6-7,9-10,16,20H,5,8,11H2,1-4H3. The first kappa shape index (κ1) is 16.3. The fraction of sp³-hybridized carbons (Fsp3) is 0.444. The van der Waals surface area contributed by atoms with Crippen molar-refractivity contribution in [3.8, 4) is 0 Å². The SMILES string of the molecule is CCCNC(Cc1c(C)cc(C)cc1C)c1ccc(Br)o1. The zero-order valence-corrected chi connectivity index (χ0v) is 14.9. The molecule has 21 heavy (non-hydrogen) atoms. The van der Waals surface area contributed by atoms with Crippen molar-refractivity contribution in [2.45, 2.75) is 46.6 Å². The number of benzene rings is 1. The van der Waals surface area contributed by atoms with Gasteiger partial charge in [0.1, 0.15) is 5.76 Å². The van der Waals surface area contributed by atoms with Gasteiger partial charge < -0.3 is 9.73 Å². The fourth-order valence-electron chi connectivity index (χ4n) is 2.84. The van der Waals surface area contributed by atoms with E-state index in [1.54, 1.807) is 0 Å². The van der Waals surface area contributed by atoms with Crippen LogP contribution in [0.25, 0.3) is 0 Å². The number of rotatable bonds is 6. The smallest absolute Gasteiger partial charge is 0.169 e. The third-order valence-electron chi connectivity index (χ3n) is 3.83. The Kier molecular flexibility index (Phi) is 5.65. The molecular weight excluding hydrogens is 326 g/mol. The van der Waals surface area contributed by atoms with E-state index in [2.05, 4.69) is 67.1 Å². The van der Waals surface area contributed by atoms with Gasteiger partial charge in [0, 0.05) is 0 Å². The summed E-state index contributed by atoms with van der Waals surface area (Å²) in [5.41, 5.74) is 5.47. The van der Waals surface area contributed by atoms with Crippen LogP contribution >= 0.6 is 15.9 Å². The summed E-state index contributed by atoms with van der Waals surface area (Å²) in [6, 6.07) is 8.76. The van der Waals surface area contributed by atoms with Crippen LogP contribution < -0.4 is 5.32 Å². The molecule has 114 valence electrons. The fourth-order valence-corrected chi connectivity index (χ4v) is 3.16. The zero-order valence-electron chi connectivity index (χ0n) is 13.3. The molecule has 2 rings (SSSR count). The van der Waals surface area contributed by atoms with Gasteiger partial charge in [0.25, 0.3) is 0 Å². The van der Waals surface area contributed by atoms with Crippen LogP contribution in [0.3, 0.4) is 0 Å². The maximum atomic E-state index is 5.77. The van der Waals surface area contributed by atoms with Crippen molar-refractivity contribution >= 4 is 15.9 Å². The molecule has 0 amide bonds. The van der Waals surface area contributed by atoms with Crippen LogP contribution in [0.5, 0.6) is 0 Å². The molecule has 0 aliphatic carbocycles. The minimum atomic E-state index is 0.219. The highest BCUT2D eigenvalue weighted by molar-refractivity contribution is 9.10. The van der Waals surface area contributed by atoms with Gasteiger partial charge in [-0.25, -0.2) is 0 Å². The van der Waals surface area contributed by atoms with Gasteiger partial charge in [0.2, 0.25) is 0 Å². The van der Waals surface area contributed by atoms with Gasteiger partial charge in [-0.3, -0.25) is 0 Å². The molecule has 1 atom stereocenters. The Morgan fingerprint density at radius 2 is 1.81 bits per heavy atom. The molecule has 1 aromatic carbocycles. The molecule has 1 N–H and O–H groups in total. The van der Waals surface area contributed by atoms with E-state index in [-0.39, 0.29) is 6.04 Å². The monoisotopic (exact) mass is 349 g/mol. The van der Waals surface area contributed by atoms with Crippen LogP contribution in [0.2, 0.25) is 0 Å². The highest BCUT2D eigenvalue weighted by Crippen LogP contribution is 2.27. The average molecular weight is 350 g/mol. The minimum absolute atomic E-state index is 0.219. The highest BCUT2D eigenvalue weighted by atomic mass is 79.9. The lowest BCUT2D eigenvalue weighted by molar-refractivity contribution is 0.399. The summed E-state index contributed by atoms with van der Waals surface area (Å²) in [7, 11) is 0. The van der Waals surface area contributed by atoms with Crippen molar-refractivity contribution < 1.29 is 4.42 Å². The molecule has 0 radical (unpaired) electrons. The summed E-state index contributed by atoms with van der Waals surface area (Å²) in [4.78, 5) is 0. The normalized spacial score (nSPS) is 12.6. The Bertz CT molecular complexity index is 580. The van der Waals surface area contributed by atoms with E-state index in [0.717, 1.165) is 29.8 Å². The molecule has 0 fully saturated rings. The van der Waals surface area contributed by atoms with Gasteiger partial charge in [-0.05, 0) is 84.9 Å².